The van der Waals surface area contributed by atoms with Gasteiger partial charge in [-0.1, -0.05) is 0 Å². The van der Waals surface area contributed by atoms with Gasteiger partial charge in [-0.2, -0.15) is 0 Å². The van der Waals surface area contributed by atoms with E-state index in [2.05, 4.69) is 11.9 Å². The second-order valence-corrected chi connectivity index (χ2v) is 4.05. The summed E-state index contributed by atoms with van der Waals surface area (Å²) in [5, 5.41) is 0. The van der Waals surface area contributed by atoms with Gasteiger partial charge in [0.25, 0.3) is 5.95 Å². The molecule has 0 spiro atoms. The standard InChI is InChI=1S/C11H18N2O2/c1-13-6-4-9(5-7-13)14-11-3-2-10(8-12)15-11/h2-3,9H,4-8,12H2,1H3. The fourth-order valence-corrected chi connectivity index (χ4v) is 1.80. The molecule has 2 heterocycles. The summed E-state index contributed by atoms with van der Waals surface area (Å²) in [5.74, 6) is 1.38. The molecule has 1 saturated heterocycles. The second-order valence-electron chi connectivity index (χ2n) is 4.05. The van der Waals surface area contributed by atoms with E-state index in [4.69, 9.17) is 14.9 Å². The molecule has 2 N–H and O–H groups in total. The van der Waals surface area contributed by atoms with Crippen LogP contribution in [0.15, 0.2) is 16.5 Å². The molecule has 0 aromatic carbocycles. The number of furan rings is 1. The van der Waals surface area contributed by atoms with Gasteiger partial charge in [0.05, 0.1) is 6.54 Å². The number of rotatable bonds is 3. The van der Waals surface area contributed by atoms with Crippen LogP contribution in [0.3, 0.4) is 0 Å². The summed E-state index contributed by atoms with van der Waals surface area (Å²) >= 11 is 0. The molecule has 0 amide bonds. The molecule has 0 radical (unpaired) electrons. The SMILES string of the molecule is CN1CCC(Oc2ccc(CN)o2)CC1. The van der Waals surface area contributed by atoms with Gasteiger partial charge in [0.15, 0.2) is 0 Å². The highest BCUT2D eigenvalue weighted by molar-refractivity contribution is 5.11. The summed E-state index contributed by atoms with van der Waals surface area (Å²) in [4.78, 5) is 2.31. The van der Waals surface area contributed by atoms with Crippen molar-refractivity contribution < 1.29 is 9.15 Å². The number of nitrogens with zero attached hydrogens (tertiary/aromatic N) is 1. The zero-order chi connectivity index (χ0) is 10.7. The maximum absolute atomic E-state index is 5.74. The molecule has 1 fully saturated rings. The Kier molecular flexibility index (Phi) is 3.28. The van der Waals surface area contributed by atoms with E-state index in [9.17, 15) is 0 Å². The van der Waals surface area contributed by atoms with E-state index >= 15 is 0 Å². The number of nitrogens with two attached hydrogens (primary N) is 1. The van der Waals surface area contributed by atoms with E-state index in [1.165, 1.54) is 0 Å². The van der Waals surface area contributed by atoms with Gasteiger partial charge in [-0.25, -0.2) is 0 Å². The van der Waals surface area contributed by atoms with Crippen LogP contribution >= 0.6 is 0 Å². The lowest BCUT2D eigenvalue weighted by atomic mass is 10.1. The Hall–Kier alpha value is -1.00. The summed E-state index contributed by atoms with van der Waals surface area (Å²) in [6, 6.07) is 3.71. The predicted molar refractivity (Wildman–Crippen MR) is 57.7 cm³/mol. The van der Waals surface area contributed by atoms with Gasteiger partial charge in [-0.15, -0.1) is 0 Å². The summed E-state index contributed by atoms with van der Waals surface area (Å²) < 4.78 is 11.1. The smallest absolute Gasteiger partial charge is 0.284 e. The first-order valence-electron chi connectivity index (χ1n) is 5.42. The van der Waals surface area contributed by atoms with Crippen LogP contribution in [0.25, 0.3) is 0 Å². The van der Waals surface area contributed by atoms with Gasteiger partial charge in [-0.05, 0) is 26.0 Å². The topological polar surface area (TPSA) is 51.6 Å². The highest BCUT2D eigenvalue weighted by Crippen LogP contribution is 2.20. The van der Waals surface area contributed by atoms with Crippen molar-refractivity contribution in [1.29, 1.82) is 0 Å². The summed E-state index contributed by atoms with van der Waals surface area (Å²) in [7, 11) is 2.13. The summed E-state index contributed by atoms with van der Waals surface area (Å²) in [6.07, 6.45) is 2.42. The van der Waals surface area contributed by atoms with E-state index in [0.717, 1.165) is 31.7 Å². The number of piperidine rings is 1. The third-order valence-corrected chi connectivity index (χ3v) is 2.79. The maximum Gasteiger partial charge on any atom is 0.284 e. The second kappa shape index (κ2) is 4.68. The van der Waals surface area contributed by atoms with Crippen LogP contribution in [0, 0.1) is 0 Å². The van der Waals surface area contributed by atoms with Crippen molar-refractivity contribution in [1.82, 2.24) is 4.90 Å². The average molecular weight is 210 g/mol. The molecule has 0 bridgehead atoms. The zero-order valence-electron chi connectivity index (χ0n) is 9.11. The highest BCUT2D eigenvalue weighted by Gasteiger charge is 2.18. The van der Waals surface area contributed by atoms with Crippen LogP contribution < -0.4 is 10.5 Å². The van der Waals surface area contributed by atoms with E-state index < -0.39 is 0 Å². The van der Waals surface area contributed by atoms with Crippen molar-refractivity contribution >= 4 is 0 Å². The van der Waals surface area contributed by atoms with Crippen LogP contribution in [-0.2, 0) is 6.54 Å². The van der Waals surface area contributed by atoms with Gasteiger partial charge >= 0.3 is 0 Å². The van der Waals surface area contributed by atoms with Crippen molar-refractivity contribution in [3.8, 4) is 5.95 Å². The van der Waals surface area contributed by atoms with Crippen LogP contribution in [0.5, 0.6) is 5.95 Å². The van der Waals surface area contributed by atoms with Crippen molar-refractivity contribution in [2.75, 3.05) is 20.1 Å². The van der Waals surface area contributed by atoms with Crippen LogP contribution in [0.4, 0.5) is 0 Å². The minimum atomic E-state index is 0.290. The molecule has 0 saturated carbocycles. The van der Waals surface area contributed by atoms with E-state index in [-0.39, 0.29) is 6.10 Å². The molecule has 4 nitrogen and oxygen atoms in total. The van der Waals surface area contributed by atoms with Gasteiger partial charge in [0, 0.05) is 19.2 Å². The first-order chi connectivity index (χ1) is 7.28. The van der Waals surface area contributed by atoms with Gasteiger partial charge in [0.1, 0.15) is 11.9 Å². The number of ether oxygens (including phenoxy) is 1. The minimum Gasteiger partial charge on any atom is -0.462 e. The highest BCUT2D eigenvalue weighted by atomic mass is 16.6. The van der Waals surface area contributed by atoms with E-state index in [1.54, 1.807) is 0 Å². The molecule has 4 heteroatoms. The Balaban J connectivity index is 1.86. The van der Waals surface area contributed by atoms with Crippen molar-refractivity contribution in [2.24, 2.45) is 5.73 Å². The third kappa shape index (κ3) is 2.73. The van der Waals surface area contributed by atoms with Crippen LogP contribution in [-0.4, -0.2) is 31.1 Å². The van der Waals surface area contributed by atoms with Crippen LogP contribution in [0.2, 0.25) is 0 Å². The van der Waals surface area contributed by atoms with Crippen molar-refractivity contribution in [3.05, 3.63) is 17.9 Å². The largest absolute Gasteiger partial charge is 0.462 e. The van der Waals surface area contributed by atoms with Gasteiger partial charge < -0.3 is 19.8 Å². The molecule has 84 valence electrons. The molecule has 1 aliphatic rings. The quantitative estimate of drug-likeness (QED) is 0.814. The molecule has 15 heavy (non-hydrogen) atoms. The minimum absolute atomic E-state index is 0.290. The molecule has 0 unspecified atom stereocenters. The fraction of sp³-hybridized carbons (Fsp3) is 0.636. The summed E-state index contributed by atoms with van der Waals surface area (Å²) in [6.45, 7) is 2.61. The monoisotopic (exact) mass is 210 g/mol. The predicted octanol–water partition coefficient (Wildman–Crippen LogP) is 1.21. The Morgan fingerprint density at radius 1 is 1.47 bits per heavy atom. The lowest BCUT2D eigenvalue weighted by molar-refractivity contribution is 0.0890. The Bertz CT molecular complexity index is 303. The van der Waals surface area contributed by atoms with Crippen molar-refractivity contribution in [2.45, 2.75) is 25.5 Å². The maximum atomic E-state index is 5.74. The molecule has 1 aliphatic heterocycles. The van der Waals surface area contributed by atoms with Crippen LogP contribution in [0.1, 0.15) is 18.6 Å². The Morgan fingerprint density at radius 2 is 2.20 bits per heavy atom. The molecule has 0 aliphatic carbocycles. The third-order valence-electron chi connectivity index (χ3n) is 2.79. The summed E-state index contributed by atoms with van der Waals surface area (Å²) in [5.41, 5.74) is 5.46. The molecular formula is C11H18N2O2. The molecular weight excluding hydrogens is 192 g/mol. The Morgan fingerprint density at radius 3 is 2.80 bits per heavy atom. The average Bonchev–Trinajstić information content (AvgIpc) is 2.69. The van der Waals surface area contributed by atoms with Gasteiger partial charge in [-0.3, -0.25) is 0 Å². The molecule has 1 aromatic heterocycles. The first-order valence-corrected chi connectivity index (χ1v) is 5.42. The number of hydrogen-bond acceptors (Lipinski definition) is 4. The Labute approximate surface area is 90.0 Å². The lowest BCUT2D eigenvalue weighted by Gasteiger charge is -2.28. The zero-order valence-corrected chi connectivity index (χ0v) is 9.11. The van der Waals surface area contributed by atoms with E-state index in [1.807, 2.05) is 12.1 Å². The normalized spacial score (nSPS) is 19.3. The van der Waals surface area contributed by atoms with E-state index in [0.29, 0.717) is 12.5 Å². The molecule has 1 aromatic rings. The number of likely N-dealkylation sites (tertiary alicyclic amines) is 1. The first kappa shape index (κ1) is 10.5. The number of hydrogen-bond donors (Lipinski definition) is 1. The molecule has 0 atom stereocenters. The van der Waals surface area contributed by atoms with Crippen molar-refractivity contribution in [3.63, 3.8) is 0 Å². The molecule has 2 rings (SSSR count). The van der Waals surface area contributed by atoms with Gasteiger partial charge in [0.2, 0.25) is 0 Å². The lowest BCUT2D eigenvalue weighted by Crippen LogP contribution is -2.35. The fourth-order valence-electron chi connectivity index (χ4n) is 1.80.